The molecule has 0 aromatic heterocycles. The molecule has 2 aromatic rings. The number of hydrogen-bond donors (Lipinski definition) is 0. The highest BCUT2D eigenvalue weighted by molar-refractivity contribution is 7.98. The second kappa shape index (κ2) is 8.72. The zero-order valence-electron chi connectivity index (χ0n) is 15.3. The molecule has 0 fully saturated rings. The molecule has 142 valence electrons. The number of esters is 1. The van der Waals surface area contributed by atoms with Gasteiger partial charge in [0.05, 0.1) is 22.8 Å². The predicted octanol–water partition coefficient (Wildman–Crippen LogP) is 3.02. The first-order valence-electron chi connectivity index (χ1n) is 8.68. The lowest BCUT2D eigenvalue weighted by molar-refractivity contribution is -0.149. The van der Waals surface area contributed by atoms with E-state index in [4.69, 9.17) is 10.00 Å². The monoisotopic (exact) mass is 394 g/mol. The van der Waals surface area contributed by atoms with Gasteiger partial charge in [-0.05, 0) is 48.3 Å². The standard InChI is InChI=1S/C21H18N2O4S/c1-28-11-10-18(21(26)27-13-15-8-6-14(12-22)7-9-15)23-19(24)16-4-2-3-5-17(16)20(23)25/h2-9,18H,10-11,13H2,1H3. The molecule has 0 bridgehead atoms. The van der Waals surface area contributed by atoms with Gasteiger partial charge in [0.15, 0.2) is 0 Å². The van der Waals surface area contributed by atoms with Gasteiger partial charge in [0.2, 0.25) is 0 Å². The Morgan fingerprint density at radius 1 is 1.11 bits per heavy atom. The van der Waals surface area contributed by atoms with Gasteiger partial charge >= 0.3 is 5.97 Å². The molecule has 28 heavy (non-hydrogen) atoms. The van der Waals surface area contributed by atoms with Crippen LogP contribution < -0.4 is 0 Å². The van der Waals surface area contributed by atoms with Crippen molar-refractivity contribution in [1.82, 2.24) is 4.90 Å². The summed E-state index contributed by atoms with van der Waals surface area (Å²) in [7, 11) is 0. The first kappa shape index (κ1) is 19.6. The van der Waals surface area contributed by atoms with E-state index in [0.29, 0.717) is 28.9 Å². The van der Waals surface area contributed by atoms with E-state index in [1.807, 2.05) is 12.3 Å². The molecule has 1 aliphatic rings. The van der Waals surface area contributed by atoms with E-state index < -0.39 is 23.8 Å². The van der Waals surface area contributed by atoms with Gasteiger partial charge in [0.1, 0.15) is 12.6 Å². The Morgan fingerprint density at radius 3 is 2.25 bits per heavy atom. The summed E-state index contributed by atoms with van der Waals surface area (Å²) in [5.41, 5.74) is 1.85. The van der Waals surface area contributed by atoms with Crippen LogP contribution in [0.3, 0.4) is 0 Å². The summed E-state index contributed by atoms with van der Waals surface area (Å²) in [4.78, 5) is 39.2. The molecule has 6 nitrogen and oxygen atoms in total. The molecule has 0 saturated heterocycles. The number of ether oxygens (including phenoxy) is 1. The van der Waals surface area contributed by atoms with Gasteiger partial charge in [-0.15, -0.1) is 0 Å². The van der Waals surface area contributed by atoms with Crippen molar-refractivity contribution < 1.29 is 19.1 Å². The number of fused-ring (bicyclic) bond motifs is 1. The van der Waals surface area contributed by atoms with Crippen molar-refractivity contribution in [2.24, 2.45) is 0 Å². The van der Waals surface area contributed by atoms with Crippen molar-refractivity contribution in [1.29, 1.82) is 5.26 Å². The molecule has 1 unspecified atom stereocenters. The van der Waals surface area contributed by atoms with Crippen LogP contribution in [0.1, 0.15) is 38.3 Å². The molecule has 0 radical (unpaired) electrons. The number of nitrogens with zero attached hydrogens (tertiary/aromatic N) is 2. The van der Waals surface area contributed by atoms with Crippen LogP contribution in [-0.4, -0.2) is 40.7 Å². The Balaban J connectivity index is 1.76. The van der Waals surface area contributed by atoms with Crippen LogP contribution in [0.25, 0.3) is 0 Å². The smallest absolute Gasteiger partial charge is 0.329 e. The average molecular weight is 394 g/mol. The number of carbonyl (C=O) groups is 3. The van der Waals surface area contributed by atoms with Gasteiger partial charge in [-0.2, -0.15) is 17.0 Å². The Hall–Kier alpha value is -3.11. The van der Waals surface area contributed by atoms with Gasteiger partial charge in [0, 0.05) is 0 Å². The molecule has 0 N–H and O–H groups in total. The van der Waals surface area contributed by atoms with Crippen molar-refractivity contribution in [3.8, 4) is 6.07 Å². The van der Waals surface area contributed by atoms with Crippen molar-refractivity contribution >= 4 is 29.5 Å². The van der Waals surface area contributed by atoms with Crippen LogP contribution in [0.4, 0.5) is 0 Å². The topological polar surface area (TPSA) is 87.5 Å². The molecule has 1 atom stereocenters. The lowest BCUT2D eigenvalue weighted by Gasteiger charge is -2.24. The number of thioether (sulfide) groups is 1. The molecule has 0 spiro atoms. The van der Waals surface area contributed by atoms with E-state index in [1.54, 1.807) is 48.5 Å². The lowest BCUT2D eigenvalue weighted by atomic mass is 10.1. The van der Waals surface area contributed by atoms with Gasteiger partial charge < -0.3 is 4.74 Å². The fraction of sp³-hybridized carbons (Fsp3) is 0.238. The summed E-state index contributed by atoms with van der Waals surface area (Å²) >= 11 is 1.52. The van der Waals surface area contributed by atoms with Gasteiger partial charge in [-0.1, -0.05) is 24.3 Å². The van der Waals surface area contributed by atoms with E-state index in [0.717, 1.165) is 10.5 Å². The van der Waals surface area contributed by atoms with Gasteiger partial charge in [-0.25, -0.2) is 4.79 Å². The molecule has 2 aromatic carbocycles. The van der Waals surface area contributed by atoms with E-state index >= 15 is 0 Å². The number of nitriles is 1. The minimum Gasteiger partial charge on any atom is -0.459 e. The molecule has 0 saturated carbocycles. The maximum atomic E-state index is 12.7. The van der Waals surface area contributed by atoms with Crippen molar-refractivity contribution in [3.05, 3.63) is 70.8 Å². The number of carbonyl (C=O) groups excluding carboxylic acids is 3. The maximum Gasteiger partial charge on any atom is 0.329 e. The highest BCUT2D eigenvalue weighted by Gasteiger charge is 2.43. The Kier molecular flexibility index (Phi) is 6.12. The average Bonchev–Trinajstić information content (AvgIpc) is 2.98. The Bertz CT molecular complexity index is 915. The van der Waals surface area contributed by atoms with Crippen LogP contribution in [-0.2, 0) is 16.1 Å². The fourth-order valence-corrected chi connectivity index (χ4v) is 3.46. The van der Waals surface area contributed by atoms with Gasteiger partial charge in [0.25, 0.3) is 11.8 Å². The molecule has 7 heteroatoms. The number of imide groups is 1. The van der Waals surface area contributed by atoms with Crippen LogP contribution in [0.15, 0.2) is 48.5 Å². The minimum absolute atomic E-state index is 0.00345. The van der Waals surface area contributed by atoms with Gasteiger partial charge in [-0.3, -0.25) is 14.5 Å². The third kappa shape index (κ3) is 3.92. The highest BCUT2D eigenvalue weighted by Crippen LogP contribution is 2.26. The highest BCUT2D eigenvalue weighted by atomic mass is 32.2. The summed E-state index contributed by atoms with van der Waals surface area (Å²) in [5, 5.41) is 8.84. The second-order valence-electron chi connectivity index (χ2n) is 6.24. The number of rotatable bonds is 7. The zero-order chi connectivity index (χ0) is 20.1. The zero-order valence-corrected chi connectivity index (χ0v) is 16.1. The first-order valence-corrected chi connectivity index (χ1v) is 10.1. The molecular weight excluding hydrogens is 376 g/mol. The van der Waals surface area contributed by atoms with E-state index in [1.165, 1.54) is 11.8 Å². The Labute approximate surface area is 167 Å². The summed E-state index contributed by atoms with van der Waals surface area (Å²) < 4.78 is 5.39. The van der Waals surface area contributed by atoms with Crippen LogP contribution in [0, 0.1) is 11.3 Å². The first-order chi connectivity index (χ1) is 13.6. The number of benzene rings is 2. The summed E-state index contributed by atoms with van der Waals surface area (Å²) in [6.45, 7) is 0.00345. The molecule has 0 aliphatic carbocycles. The molecule has 1 heterocycles. The number of amides is 2. The Morgan fingerprint density at radius 2 is 1.71 bits per heavy atom. The largest absolute Gasteiger partial charge is 0.459 e. The molecule has 1 aliphatic heterocycles. The van der Waals surface area contributed by atoms with Crippen LogP contribution in [0.2, 0.25) is 0 Å². The molecule has 3 rings (SSSR count). The van der Waals surface area contributed by atoms with Crippen LogP contribution >= 0.6 is 11.8 Å². The SMILES string of the molecule is CSCCC(C(=O)OCc1ccc(C#N)cc1)N1C(=O)c2ccccc2C1=O. The predicted molar refractivity (Wildman–Crippen MR) is 105 cm³/mol. The summed E-state index contributed by atoms with van der Waals surface area (Å²) in [6, 6.07) is 14.3. The van der Waals surface area contributed by atoms with Crippen molar-refractivity contribution in [2.75, 3.05) is 12.0 Å². The third-order valence-electron chi connectivity index (χ3n) is 4.47. The van der Waals surface area contributed by atoms with E-state index in [9.17, 15) is 14.4 Å². The van der Waals surface area contributed by atoms with E-state index in [2.05, 4.69) is 0 Å². The summed E-state index contributed by atoms with van der Waals surface area (Å²) in [6.07, 6.45) is 2.21. The summed E-state index contributed by atoms with van der Waals surface area (Å²) in [5.74, 6) is -0.957. The molecule has 2 amide bonds. The van der Waals surface area contributed by atoms with Crippen molar-refractivity contribution in [3.63, 3.8) is 0 Å². The van der Waals surface area contributed by atoms with Crippen LogP contribution in [0.5, 0.6) is 0 Å². The van der Waals surface area contributed by atoms with E-state index in [-0.39, 0.29) is 6.61 Å². The fourth-order valence-electron chi connectivity index (χ4n) is 3.00. The maximum absolute atomic E-state index is 12.7. The normalized spacial score (nSPS) is 13.8. The quantitative estimate of drug-likeness (QED) is 0.530. The minimum atomic E-state index is -0.974. The second-order valence-corrected chi connectivity index (χ2v) is 7.23. The third-order valence-corrected chi connectivity index (χ3v) is 5.11. The molecular formula is C21H18N2O4S. The lowest BCUT2D eigenvalue weighted by Crippen LogP contribution is -2.46. The van der Waals surface area contributed by atoms with Crippen molar-refractivity contribution in [2.45, 2.75) is 19.1 Å². The number of hydrogen-bond acceptors (Lipinski definition) is 6.